The topological polar surface area (TPSA) is 35.5 Å². The van der Waals surface area contributed by atoms with Crippen LogP contribution in [0.5, 0.6) is 0 Å². The number of ketones is 1. The van der Waals surface area contributed by atoms with Crippen LogP contribution in [0.15, 0.2) is 71.4 Å². The van der Waals surface area contributed by atoms with Gasteiger partial charge in [-0.3, -0.25) is 0 Å². The van der Waals surface area contributed by atoms with Crippen LogP contribution in [0.3, 0.4) is 0 Å². The molecule has 0 radical (unpaired) electrons. The third-order valence-corrected chi connectivity index (χ3v) is 5.39. The summed E-state index contributed by atoms with van der Waals surface area (Å²) < 4.78 is 12.9. The predicted octanol–water partition coefficient (Wildman–Crippen LogP) is 3.57. The summed E-state index contributed by atoms with van der Waals surface area (Å²) in [6, 6.07) is 19.6. The molecule has 2 aromatic carbocycles. The molecule has 0 amide bonds. The van der Waals surface area contributed by atoms with Gasteiger partial charge in [0.1, 0.15) is 0 Å². The van der Waals surface area contributed by atoms with Gasteiger partial charge in [0.2, 0.25) is 0 Å². The predicted molar refractivity (Wildman–Crippen MR) is 102 cm³/mol. The Morgan fingerprint density at radius 2 is 1.64 bits per heavy atom. The van der Waals surface area contributed by atoms with E-state index >= 15 is 0 Å². The van der Waals surface area contributed by atoms with E-state index in [2.05, 4.69) is 17.1 Å². The van der Waals surface area contributed by atoms with Crippen LogP contribution in [-0.2, 0) is 9.47 Å². The molecule has 2 rings (SSSR count). The molecule has 3 nitrogen and oxygen atoms in total. The molecule has 0 bridgehead atoms. The van der Waals surface area contributed by atoms with E-state index in [9.17, 15) is 4.79 Å². The quantitative estimate of drug-likeness (QED) is 0.346. The molecule has 0 aromatic heterocycles. The van der Waals surface area contributed by atoms with Crippen molar-refractivity contribution in [3.63, 3.8) is 0 Å². The molecule has 2 aromatic rings. The van der Waals surface area contributed by atoms with E-state index in [-0.39, 0.29) is 33.3 Å². The van der Waals surface area contributed by atoms with Crippen LogP contribution in [0.4, 0.5) is 0 Å². The zero-order chi connectivity index (χ0) is 17.9. The average Bonchev–Trinajstić information content (AvgIpc) is 2.66. The summed E-state index contributed by atoms with van der Waals surface area (Å²) in [7, 11) is 0. The Morgan fingerprint density at radius 3 is 2.24 bits per heavy atom. The first-order valence-electron chi connectivity index (χ1n) is 8.49. The molecule has 1 unspecified atom stereocenters. The van der Waals surface area contributed by atoms with E-state index in [1.165, 1.54) is 4.46 Å². The van der Waals surface area contributed by atoms with Gasteiger partial charge in [0.15, 0.2) is 0 Å². The Hall–Kier alpha value is -1.87. The third-order valence-electron chi connectivity index (χ3n) is 3.52. The zero-order valence-corrected chi connectivity index (χ0v) is 16.4. The maximum atomic E-state index is 12.6. The fourth-order valence-electron chi connectivity index (χ4n) is 2.35. The maximum absolute atomic E-state index is 12.6. The van der Waals surface area contributed by atoms with Gasteiger partial charge in [0, 0.05) is 0 Å². The molecular formula is C21H24O3Se. The fourth-order valence-corrected chi connectivity index (χ4v) is 4.00. The second-order valence-electron chi connectivity index (χ2n) is 5.32. The molecule has 0 heterocycles. The molecule has 0 aliphatic heterocycles. The number of ether oxygens (including phenoxy) is 2. The average molecular weight is 403 g/mol. The summed E-state index contributed by atoms with van der Waals surface area (Å²) in [5.41, 5.74) is 0.705. The molecule has 0 aliphatic rings. The van der Waals surface area contributed by atoms with Gasteiger partial charge in [-0.2, -0.15) is 0 Å². The second kappa shape index (κ2) is 10.9. The molecule has 132 valence electrons. The minimum atomic E-state index is -0.344. The Balaban J connectivity index is 2.13. The van der Waals surface area contributed by atoms with Gasteiger partial charge in [-0.25, -0.2) is 0 Å². The number of hydrogen-bond acceptors (Lipinski definition) is 3. The Morgan fingerprint density at radius 1 is 1.00 bits per heavy atom. The third kappa shape index (κ3) is 6.50. The Labute approximate surface area is 156 Å². The zero-order valence-electron chi connectivity index (χ0n) is 14.7. The molecule has 25 heavy (non-hydrogen) atoms. The van der Waals surface area contributed by atoms with E-state index in [1.54, 1.807) is 0 Å². The van der Waals surface area contributed by atoms with E-state index in [4.69, 9.17) is 9.47 Å². The molecule has 0 saturated carbocycles. The van der Waals surface area contributed by atoms with Crippen molar-refractivity contribution in [1.29, 1.82) is 0 Å². The van der Waals surface area contributed by atoms with Crippen LogP contribution in [0.25, 0.3) is 0 Å². The van der Waals surface area contributed by atoms with Gasteiger partial charge in [-0.05, 0) is 0 Å². The number of rotatable bonds is 10. The van der Waals surface area contributed by atoms with E-state index in [1.807, 2.05) is 62.4 Å². The van der Waals surface area contributed by atoms with E-state index < -0.39 is 0 Å². The van der Waals surface area contributed by atoms with Gasteiger partial charge in [0.25, 0.3) is 0 Å². The summed E-state index contributed by atoms with van der Waals surface area (Å²) in [6.45, 7) is 4.98. The van der Waals surface area contributed by atoms with Gasteiger partial charge in [-0.1, -0.05) is 0 Å². The van der Waals surface area contributed by atoms with Crippen LogP contribution in [0.1, 0.15) is 30.6 Å². The van der Waals surface area contributed by atoms with Crippen molar-refractivity contribution in [3.8, 4) is 0 Å². The molecule has 4 heteroatoms. The summed E-state index contributed by atoms with van der Waals surface area (Å²) in [5.74, 6) is 0.828. The van der Waals surface area contributed by atoms with Gasteiger partial charge >= 0.3 is 156 Å². The Bertz CT molecular complexity index is 668. The summed E-state index contributed by atoms with van der Waals surface area (Å²) >= 11 is 0.136. The Kier molecular flexibility index (Phi) is 8.47. The van der Waals surface area contributed by atoms with E-state index in [0.29, 0.717) is 18.8 Å². The van der Waals surface area contributed by atoms with E-state index in [0.717, 1.165) is 5.76 Å². The first-order chi connectivity index (χ1) is 12.2. The van der Waals surface area contributed by atoms with Crippen molar-refractivity contribution >= 4 is 25.2 Å². The van der Waals surface area contributed by atoms with Gasteiger partial charge < -0.3 is 0 Å². The molecular weight excluding hydrogens is 379 g/mol. The number of carbonyl (C=O) groups is 1. The molecule has 0 aliphatic carbocycles. The van der Waals surface area contributed by atoms with Crippen LogP contribution >= 0.6 is 0 Å². The van der Waals surface area contributed by atoms with Gasteiger partial charge in [0.05, 0.1) is 0 Å². The summed E-state index contributed by atoms with van der Waals surface area (Å²) in [6.07, 6.45) is -0.0580. The molecule has 0 spiro atoms. The van der Waals surface area contributed by atoms with Crippen molar-refractivity contribution in [3.05, 3.63) is 77.0 Å². The first kappa shape index (κ1) is 19.5. The van der Waals surface area contributed by atoms with Crippen molar-refractivity contribution in [2.45, 2.75) is 26.4 Å². The minimum absolute atomic E-state index is 0.0665. The summed E-state index contributed by atoms with van der Waals surface area (Å²) in [5, 5.41) is 0. The normalized spacial score (nSPS) is 12.6. The molecule has 0 fully saturated rings. The van der Waals surface area contributed by atoms with Crippen molar-refractivity contribution in [2.75, 3.05) is 13.2 Å². The molecule has 1 atom stereocenters. The number of carbonyl (C=O) groups excluding carboxylic acids is 1. The van der Waals surface area contributed by atoms with Crippen LogP contribution in [0.2, 0.25) is 0 Å². The number of benzene rings is 2. The molecule has 0 saturated heterocycles. The van der Waals surface area contributed by atoms with Crippen LogP contribution in [-0.4, -0.2) is 40.1 Å². The standard InChI is InChI=1S/C21H24O3Se/c1-3-23-20(15-19(22)17-11-7-5-8-12-17)21(24-4-2)16-25-18-13-9-6-10-14-18/h5-14,16,20H,3-4,15H2,1-2H3/b21-16+. The van der Waals surface area contributed by atoms with Crippen LogP contribution in [0, 0.1) is 0 Å². The second-order valence-corrected chi connectivity index (χ2v) is 7.30. The molecule has 0 N–H and O–H groups in total. The van der Waals surface area contributed by atoms with Crippen molar-refractivity contribution in [1.82, 2.24) is 0 Å². The number of Topliss-reactive ketones (excluding diaryl/α,β-unsaturated/α-hetero) is 1. The number of hydrogen-bond donors (Lipinski definition) is 0. The van der Waals surface area contributed by atoms with Gasteiger partial charge in [-0.15, -0.1) is 0 Å². The monoisotopic (exact) mass is 404 g/mol. The van der Waals surface area contributed by atoms with Crippen molar-refractivity contribution < 1.29 is 14.3 Å². The fraction of sp³-hybridized carbons (Fsp3) is 0.286. The van der Waals surface area contributed by atoms with Crippen LogP contribution < -0.4 is 4.46 Å². The SMILES string of the molecule is CCO/C(=C/[Se]c1ccccc1)C(CC(=O)c1ccccc1)OCC. The first-order valence-corrected chi connectivity index (χ1v) is 10.3. The van der Waals surface area contributed by atoms with Crippen molar-refractivity contribution in [2.24, 2.45) is 0 Å². The summed E-state index contributed by atoms with van der Waals surface area (Å²) in [4.78, 5) is 14.6.